The first kappa shape index (κ1) is 16.4. The quantitative estimate of drug-likeness (QED) is 0.845. The molecular weight excluding hydrogens is 258 g/mol. The van der Waals surface area contributed by atoms with Gasteiger partial charge in [-0.25, -0.2) is 9.97 Å². The fourth-order valence-electron chi connectivity index (χ4n) is 3.36. The smallest absolute Gasteiger partial charge is 0.131 e. The predicted molar refractivity (Wildman–Crippen MR) is 88.4 cm³/mol. The van der Waals surface area contributed by atoms with E-state index in [1.807, 2.05) is 0 Å². The Morgan fingerprint density at radius 1 is 1.19 bits per heavy atom. The molecule has 0 radical (unpaired) electrons. The largest absolute Gasteiger partial charge is 0.309 e. The standard InChI is InChI=1S/C18H31N3/c1-5-6-15-7-9-16(10-8-15)18-20-14(4)11-17(21-18)12-19-13(2)3/h11,13,15-16,19H,5-10,12H2,1-4H3. The summed E-state index contributed by atoms with van der Waals surface area (Å²) >= 11 is 0. The Balaban J connectivity index is 1.99. The lowest BCUT2D eigenvalue weighted by Crippen LogP contribution is -2.23. The molecular formula is C18H31N3. The topological polar surface area (TPSA) is 37.8 Å². The van der Waals surface area contributed by atoms with Crippen LogP contribution in [0.3, 0.4) is 0 Å². The van der Waals surface area contributed by atoms with E-state index in [2.05, 4.69) is 39.1 Å². The van der Waals surface area contributed by atoms with Crippen LogP contribution >= 0.6 is 0 Å². The van der Waals surface area contributed by atoms with Gasteiger partial charge in [0.1, 0.15) is 5.82 Å². The number of hydrogen-bond acceptors (Lipinski definition) is 3. The second-order valence-electron chi connectivity index (χ2n) is 6.90. The highest BCUT2D eigenvalue weighted by Crippen LogP contribution is 2.36. The van der Waals surface area contributed by atoms with E-state index in [4.69, 9.17) is 9.97 Å². The Morgan fingerprint density at radius 2 is 1.90 bits per heavy atom. The number of aromatic nitrogens is 2. The van der Waals surface area contributed by atoms with Crippen molar-refractivity contribution in [3.63, 3.8) is 0 Å². The Labute approximate surface area is 130 Å². The van der Waals surface area contributed by atoms with E-state index < -0.39 is 0 Å². The normalized spacial score (nSPS) is 22.7. The SMILES string of the molecule is CCCC1CCC(c2nc(C)cc(CNC(C)C)n2)CC1. The third-order valence-corrected chi connectivity index (χ3v) is 4.52. The van der Waals surface area contributed by atoms with Crippen LogP contribution in [0.1, 0.15) is 82.4 Å². The summed E-state index contributed by atoms with van der Waals surface area (Å²) in [5.41, 5.74) is 2.25. The van der Waals surface area contributed by atoms with Gasteiger partial charge >= 0.3 is 0 Å². The minimum atomic E-state index is 0.494. The van der Waals surface area contributed by atoms with Crippen LogP contribution in [-0.2, 0) is 6.54 Å². The third-order valence-electron chi connectivity index (χ3n) is 4.52. The lowest BCUT2D eigenvalue weighted by Gasteiger charge is -2.27. The van der Waals surface area contributed by atoms with Gasteiger partial charge in [-0.2, -0.15) is 0 Å². The van der Waals surface area contributed by atoms with Gasteiger partial charge in [0.15, 0.2) is 0 Å². The number of nitrogens with one attached hydrogen (secondary N) is 1. The van der Waals surface area contributed by atoms with E-state index in [9.17, 15) is 0 Å². The maximum absolute atomic E-state index is 4.83. The summed E-state index contributed by atoms with van der Waals surface area (Å²) in [7, 11) is 0. The van der Waals surface area contributed by atoms with Crippen molar-refractivity contribution in [2.24, 2.45) is 5.92 Å². The minimum absolute atomic E-state index is 0.494. The molecule has 1 heterocycles. The van der Waals surface area contributed by atoms with Crippen LogP contribution in [0, 0.1) is 12.8 Å². The summed E-state index contributed by atoms with van der Waals surface area (Å²) < 4.78 is 0. The van der Waals surface area contributed by atoms with Crippen molar-refractivity contribution in [3.05, 3.63) is 23.3 Å². The first-order valence-electron chi connectivity index (χ1n) is 8.66. The van der Waals surface area contributed by atoms with Crippen molar-refractivity contribution in [3.8, 4) is 0 Å². The second-order valence-corrected chi connectivity index (χ2v) is 6.90. The van der Waals surface area contributed by atoms with Gasteiger partial charge in [0.05, 0.1) is 5.69 Å². The molecule has 1 aromatic heterocycles. The van der Waals surface area contributed by atoms with Crippen molar-refractivity contribution < 1.29 is 0 Å². The molecule has 118 valence electrons. The van der Waals surface area contributed by atoms with Crippen molar-refractivity contribution >= 4 is 0 Å². The summed E-state index contributed by atoms with van der Waals surface area (Å²) in [5.74, 6) is 2.61. The fraction of sp³-hybridized carbons (Fsp3) is 0.778. The van der Waals surface area contributed by atoms with E-state index in [1.165, 1.54) is 38.5 Å². The summed E-state index contributed by atoms with van der Waals surface area (Å²) in [6, 6.07) is 2.61. The van der Waals surface area contributed by atoms with Crippen LogP contribution < -0.4 is 5.32 Å². The number of nitrogens with zero attached hydrogens (tertiary/aromatic N) is 2. The first-order chi connectivity index (χ1) is 10.1. The molecule has 0 aliphatic heterocycles. The second kappa shape index (κ2) is 7.88. The van der Waals surface area contributed by atoms with Crippen LogP contribution in [0.4, 0.5) is 0 Å². The average Bonchev–Trinajstić information content (AvgIpc) is 2.46. The highest BCUT2D eigenvalue weighted by atomic mass is 15.0. The first-order valence-corrected chi connectivity index (χ1v) is 8.66. The molecule has 0 bridgehead atoms. The summed E-state index contributed by atoms with van der Waals surface area (Å²) in [6.45, 7) is 9.57. The van der Waals surface area contributed by atoms with Gasteiger partial charge in [-0.05, 0) is 44.6 Å². The van der Waals surface area contributed by atoms with E-state index in [0.29, 0.717) is 12.0 Å². The predicted octanol–water partition coefficient (Wildman–Crippen LogP) is 4.36. The average molecular weight is 289 g/mol. The molecule has 21 heavy (non-hydrogen) atoms. The molecule has 0 aromatic carbocycles. The van der Waals surface area contributed by atoms with Crippen molar-refractivity contribution in [1.29, 1.82) is 0 Å². The van der Waals surface area contributed by atoms with Crippen molar-refractivity contribution in [1.82, 2.24) is 15.3 Å². The molecule has 0 unspecified atom stereocenters. The molecule has 0 amide bonds. The fourth-order valence-corrected chi connectivity index (χ4v) is 3.36. The van der Waals surface area contributed by atoms with Crippen LogP contribution in [-0.4, -0.2) is 16.0 Å². The van der Waals surface area contributed by atoms with E-state index in [1.54, 1.807) is 0 Å². The van der Waals surface area contributed by atoms with Crippen molar-refractivity contribution in [2.45, 2.75) is 84.7 Å². The Bertz CT molecular complexity index is 434. The van der Waals surface area contributed by atoms with Crippen LogP contribution in [0.2, 0.25) is 0 Å². The van der Waals surface area contributed by atoms with Gasteiger partial charge in [0.25, 0.3) is 0 Å². The maximum Gasteiger partial charge on any atom is 0.131 e. The van der Waals surface area contributed by atoms with E-state index >= 15 is 0 Å². The number of rotatable bonds is 6. The molecule has 3 heteroatoms. The van der Waals surface area contributed by atoms with Gasteiger partial charge < -0.3 is 5.32 Å². The van der Waals surface area contributed by atoms with E-state index in [0.717, 1.165) is 29.7 Å². The maximum atomic E-state index is 4.83. The summed E-state index contributed by atoms with van der Waals surface area (Å²) in [6.07, 6.45) is 7.97. The van der Waals surface area contributed by atoms with Gasteiger partial charge in [0, 0.05) is 24.2 Å². The monoisotopic (exact) mass is 289 g/mol. The van der Waals surface area contributed by atoms with Crippen LogP contribution in [0.25, 0.3) is 0 Å². The highest BCUT2D eigenvalue weighted by Gasteiger charge is 2.24. The number of aryl methyl sites for hydroxylation is 1. The number of hydrogen-bond donors (Lipinski definition) is 1. The van der Waals surface area contributed by atoms with Crippen LogP contribution in [0.5, 0.6) is 0 Å². The van der Waals surface area contributed by atoms with Gasteiger partial charge in [0.2, 0.25) is 0 Å². The zero-order chi connectivity index (χ0) is 15.2. The Kier molecular flexibility index (Phi) is 6.16. The third kappa shape index (κ3) is 5.06. The lowest BCUT2D eigenvalue weighted by molar-refractivity contribution is 0.301. The minimum Gasteiger partial charge on any atom is -0.309 e. The molecule has 1 saturated carbocycles. The molecule has 0 saturated heterocycles. The molecule has 1 fully saturated rings. The molecule has 3 nitrogen and oxygen atoms in total. The molecule has 1 aliphatic carbocycles. The summed E-state index contributed by atoms with van der Waals surface area (Å²) in [4.78, 5) is 9.54. The Hall–Kier alpha value is -0.960. The van der Waals surface area contributed by atoms with Crippen molar-refractivity contribution in [2.75, 3.05) is 0 Å². The zero-order valence-corrected chi connectivity index (χ0v) is 14.2. The molecule has 0 atom stereocenters. The summed E-state index contributed by atoms with van der Waals surface area (Å²) in [5, 5.41) is 3.45. The van der Waals surface area contributed by atoms with Crippen LogP contribution in [0.15, 0.2) is 6.07 Å². The van der Waals surface area contributed by atoms with Gasteiger partial charge in [-0.1, -0.05) is 33.6 Å². The molecule has 2 rings (SSSR count). The van der Waals surface area contributed by atoms with Gasteiger partial charge in [-0.3, -0.25) is 0 Å². The molecule has 1 aromatic rings. The molecule has 1 aliphatic rings. The molecule has 0 spiro atoms. The zero-order valence-electron chi connectivity index (χ0n) is 14.2. The highest BCUT2D eigenvalue weighted by molar-refractivity contribution is 5.13. The van der Waals surface area contributed by atoms with Gasteiger partial charge in [-0.15, -0.1) is 0 Å². The molecule has 1 N–H and O–H groups in total. The lowest BCUT2D eigenvalue weighted by atomic mass is 9.79. The Morgan fingerprint density at radius 3 is 2.52 bits per heavy atom. The van der Waals surface area contributed by atoms with E-state index in [-0.39, 0.29) is 0 Å².